The van der Waals surface area contributed by atoms with Gasteiger partial charge < -0.3 is 8.94 Å². The van der Waals surface area contributed by atoms with Crippen molar-refractivity contribution >= 4 is 0 Å². The first-order chi connectivity index (χ1) is 13.1. The van der Waals surface area contributed by atoms with Gasteiger partial charge in [0.25, 0.3) is 0 Å². The first-order valence-corrected chi connectivity index (χ1v) is 9.22. The van der Waals surface area contributed by atoms with Crippen LogP contribution in [0.3, 0.4) is 0 Å². The number of hydrogen-bond acceptors (Lipinski definition) is 7. The van der Waals surface area contributed by atoms with E-state index in [9.17, 15) is 4.39 Å². The van der Waals surface area contributed by atoms with E-state index in [4.69, 9.17) is 8.94 Å². The molecule has 7 nitrogen and oxygen atoms in total. The molecule has 0 radical (unpaired) electrons. The van der Waals surface area contributed by atoms with Gasteiger partial charge in [0.05, 0.1) is 6.54 Å². The van der Waals surface area contributed by atoms with E-state index < -0.39 is 0 Å². The summed E-state index contributed by atoms with van der Waals surface area (Å²) < 4.78 is 24.5. The lowest BCUT2D eigenvalue weighted by Crippen LogP contribution is -2.34. The molecule has 1 aromatic carbocycles. The third kappa shape index (κ3) is 3.14. The van der Waals surface area contributed by atoms with Gasteiger partial charge in [-0.3, -0.25) is 4.90 Å². The third-order valence-corrected chi connectivity index (χ3v) is 5.78. The molecule has 1 saturated heterocycles. The van der Waals surface area contributed by atoms with Gasteiger partial charge in [0.15, 0.2) is 5.82 Å². The second-order valence-corrected chi connectivity index (χ2v) is 7.59. The monoisotopic (exact) mass is 369 g/mol. The zero-order chi connectivity index (χ0) is 18.4. The molecule has 1 spiro atoms. The SMILES string of the molecule is Cc1noc(CN2CCC3(CC2)C[C@@H]3c2nnc(-c3cccc(F)c3)o2)n1. The van der Waals surface area contributed by atoms with E-state index in [1.165, 1.54) is 12.1 Å². The quantitative estimate of drug-likeness (QED) is 0.698. The molecule has 0 unspecified atom stereocenters. The van der Waals surface area contributed by atoms with E-state index >= 15 is 0 Å². The van der Waals surface area contributed by atoms with E-state index in [2.05, 4.69) is 25.2 Å². The van der Waals surface area contributed by atoms with Crippen LogP contribution in [0.5, 0.6) is 0 Å². The maximum Gasteiger partial charge on any atom is 0.247 e. The zero-order valence-electron chi connectivity index (χ0n) is 15.1. The van der Waals surface area contributed by atoms with Crippen LogP contribution in [0.4, 0.5) is 4.39 Å². The molecule has 2 aliphatic rings. The van der Waals surface area contributed by atoms with Crippen LogP contribution in [0.15, 0.2) is 33.2 Å². The van der Waals surface area contributed by atoms with E-state index in [1.54, 1.807) is 12.1 Å². The molecule has 8 heteroatoms. The van der Waals surface area contributed by atoms with E-state index in [0.717, 1.165) is 32.4 Å². The van der Waals surface area contributed by atoms with Crippen molar-refractivity contribution in [1.82, 2.24) is 25.2 Å². The minimum atomic E-state index is -0.307. The Morgan fingerprint density at radius 3 is 2.85 bits per heavy atom. The van der Waals surface area contributed by atoms with Crippen molar-refractivity contribution in [3.63, 3.8) is 0 Å². The predicted octanol–water partition coefficient (Wildman–Crippen LogP) is 3.34. The molecule has 3 aromatic rings. The molecular formula is C19H20FN5O2. The molecule has 140 valence electrons. The lowest BCUT2D eigenvalue weighted by atomic mass is 9.91. The van der Waals surface area contributed by atoms with Gasteiger partial charge in [0.1, 0.15) is 5.82 Å². The summed E-state index contributed by atoms with van der Waals surface area (Å²) >= 11 is 0. The molecule has 27 heavy (non-hydrogen) atoms. The second kappa shape index (κ2) is 6.23. The minimum Gasteiger partial charge on any atom is -0.420 e. The summed E-state index contributed by atoms with van der Waals surface area (Å²) in [5.74, 6) is 2.41. The number of likely N-dealkylation sites (tertiary alicyclic amines) is 1. The Labute approximate surface area is 155 Å². The molecule has 0 N–H and O–H groups in total. The summed E-state index contributed by atoms with van der Waals surface area (Å²) in [6.45, 7) is 4.51. The van der Waals surface area contributed by atoms with Gasteiger partial charge in [-0.1, -0.05) is 11.2 Å². The van der Waals surface area contributed by atoms with Crippen LogP contribution in [0.2, 0.25) is 0 Å². The van der Waals surface area contributed by atoms with Gasteiger partial charge >= 0.3 is 0 Å². The molecule has 0 amide bonds. The Balaban J connectivity index is 1.22. The number of halogens is 1. The topological polar surface area (TPSA) is 81.1 Å². The highest BCUT2D eigenvalue weighted by atomic mass is 19.1. The fraction of sp³-hybridized carbons (Fsp3) is 0.474. The average molecular weight is 369 g/mol. The molecule has 3 heterocycles. The maximum atomic E-state index is 13.4. The summed E-state index contributed by atoms with van der Waals surface area (Å²) in [5, 5.41) is 12.2. The number of aryl methyl sites for hydroxylation is 1. The van der Waals surface area contributed by atoms with Crippen molar-refractivity contribution in [2.24, 2.45) is 5.41 Å². The Bertz CT molecular complexity index is 960. The van der Waals surface area contributed by atoms with Gasteiger partial charge in [-0.15, -0.1) is 10.2 Å². The first-order valence-electron chi connectivity index (χ1n) is 9.22. The van der Waals surface area contributed by atoms with Crippen molar-refractivity contribution < 1.29 is 13.3 Å². The lowest BCUT2D eigenvalue weighted by Gasteiger charge is -2.31. The smallest absolute Gasteiger partial charge is 0.247 e. The van der Waals surface area contributed by atoms with Gasteiger partial charge in [0, 0.05) is 11.5 Å². The average Bonchev–Trinajstić information content (AvgIpc) is 2.99. The molecule has 5 rings (SSSR count). The Hall–Kier alpha value is -2.61. The predicted molar refractivity (Wildman–Crippen MR) is 93.0 cm³/mol. The van der Waals surface area contributed by atoms with Gasteiger partial charge in [-0.05, 0) is 62.9 Å². The van der Waals surface area contributed by atoms with Crippen LogP contribution in [-0.2, 0) is 6.54 Å². The summed E-state index contributed by atoms with van der Waals surface area (Å²) in [6, 6.07) is 6.24. The molecule has 2 aromatic heterocycles. The number of piperidine rings is 1. The van der Waals surface area contributed by atoms with E-state index in [1.807, 2.05) is 6.92 Å². The van der Waals surface area contributed by atoms with Crippen LogP contribution in [0.1, 0.15) is 42.8 Å². The minimum absolute atomic E-state index is 0.257. The van der Waals surface area contributed by atoms with Crippen LogP contribution < -0.4 is 0 Å². The number of rotatable bonds is 4. The molecule has 1 aliphatic heterocycles. The van der Waals surface area contributed by atoms with Crippen molar-refractivity contribution in [2.75, 3.05) is 13.1 Å². The summed E-state index contributed by atoms with van der Waals surface area (Å²) in [5.41, 5.74) is 0.876. The van der Waals surface area contributed by atoms with Crippen LogP contribution >= 0.6 is 0 Å². The van der Waals surface area contributed by atoms with E-state index in [0.29, 0.717) is 41.5 Å². The maximum absolute atomic E-state index is 13.4. The van der Waals surface area contributed by atoms with Crippen molar-refractivity contribution in [1.29, 1.82) is 0 Å². The number of benzene rings is 1. The lowest BCUT2D eigenvalue weighted by molar-refractivity contribution is 0.144. The highest BCUT2D eigenvalue weighted by Gasteiger charge is 2.58. The fourth-order valence-electron chi connectivity index (χ4n) is 4.12. The summed E-state index contributed by atoms with van der Waals surface area (Å²) in [4.78, 5) is 6.62. The molecule has 0 bridgehead atoms. The largest absolute Gasteiger partial charge is 0.420 e. The number of aromatic nitrogens is 4. The molecular weight excluding hydrogens is 349 g/mol. The zero-order valence-corrected chi connectivity index (χ0v) is 15.1. The molecule has 2 fully saturated rings. The number of nitrogens with zero attached hydrogens (tertiary/aromatic N) is 5. The normalized spacial score (nSPS) is 21.6. The third-order valence-electron chi connectivity index (χ3n) is 5.78. The Morgan fingerprint density at radius 1 is 1.26 bits per heavy atom. The van der Waals surface area contributed by atoms with Crippen molar-refractivity contribution in [3.8, 4) is 11.5 Å². The van der Waals surface area contributed by atoms with Crippen LogP contribution in [-0.4, -0.2) is 38.3 Å². The van der Waals surface area contributed by atoms with Crippen molar-refractivity contribution in [2.45, 2.75) is 38.6 Å². The van der Waals surface area contributed by atoms with Gasteiger partial charge in [-0.25, -0.2) is 4.39 Å². The second-order valence-electron chi connectivity index (χ2n) is 7.59. The van der Waals surface area contributed by atoms with Crippen LogP contribution in [0, 0.1) is 18.2 Å². The van der Waals surface area contributed by atoms with Gasteiger partial charge in [-0.2, -0.15) is 4.98 Å². The van der Waals surface area contributed by atoms with Crippen molar-refractivity contribution in [3.05, 3.63) is 47.7 Å². The summed E-state index contributed by atoms with van der Waals surface area (Å²) in [6.07, 6.45) is 3.25. The summed E-state index contributed by atoms with van der Waals surface area (Å²) in [7, 11) is 0. The molecule has 1 saturated carbocycles. The Morgan fingerprint density at radius 2 is 2.11 bits per heavy atom. The Kier molecular flexibility index (Phi) is 3.82. The fourth-order valence-corrected chi connectivity index (χ4v) is 4.12. The number of hydrogen-bond donors (Lipinski definition) is 0. The molecule has 1 atom stereocenters. The first kappa shape index (κ1) is 16.6. The van der Waals surface area contributed by atoms with Gasteiger partial charge in [0.2, 0.25) is 17.7 Å². The van der Waals surface area contributed by atoms with Crippen LogP contribution in [0.25, 0.3) is 11.5 Å². The standard InChI is InChI=1S/C19H20FN5O2/c1-12-21-16(27-24-12)11-25-7-5-19(6-8-25)10-15(19)18-23-22-17(26-18)13-3-2-4-14(20)9-13/h2-4,9,15H,5-8,10-11H2,1H3/t15-/m1/s1. The highest BCUT2D eigenvalue weighted by Crippen LogP contribution is 2.64. The van der Waals surface area contributed by atoms with E-state index in [-0.39, 0.29) is 11.2 Å². The molecule has 1 aliphatic carbocycles. The highest BCUT2D eigenvalue weighted by molar-refractivity contribution is 5.52.